The number of hydrogen-bond acceptors (Lipinski definition) is 4. The summed E-state index contributed by atoms with van der Waals surface area (Å²) in [6, 6.07) is 14.6. The first-order valence-electron chi connectivity index (χ1n) is 9.38. The molecule has 29 heavy (non-hydrogen) atoms. The van der Waals surface area contributed by atoms with Gasteiger partial charge in [0.15, 0.2) is 5.96 Å². The largest absolute Gasteiger partial charge is 0.488 e. The molecule has 8 heteroatoms. The first-order valence-corrected chi connectivity index (χ1v) is 10.9. The van der Waals surface area contributed by atoms with Crippen molar-refractivity contribution in [2.24, 2.45) is 4.99 Å². The third-order valence-corrected chi connectivity index (χ3v) is 5.45. The lowest BCUT2D eigenvalue weighted by atomic mass is 10.1. The molecule has 7 nitrogen and oxygen atoms in total. The number of rotatable bonds is 7. The van der Waals surface area contributed by atoms with E-state index in [0.29, 0.717) is 19.0 Å². The van der Waals surface area contributed by atoms with E-state index in [1.807, 2.05) is 45.0 Å². The molecule has 2 aromatic rings. The van der Waals surface area contributed by atoms with Crippen LogP contribution in [-0.4, -0.2) is 34.1 Å². The van der Waals surface area contributed by atoms with Gasteiger partial charge in [0.2, 0.25) is 10.0 Å². The number of guanidine groups is 1. The highest BCUT2D eigenvalue weighted by atomic mass is 32.2. The molecule has 2 aromatic carbocycles. The number of aliphatic imine (C=N–C) groups is 1. The van der Waals surface area contributed by atoms with Gasteiger partial charge in [-0.3, -0.25) is 4.99 Å². The van der Waals surface area contributed by atoms with E-state index in [0.717, 1.165) is 16.9 Å². The molecular weight excluding hydrogens is 388 g/mol. The predicted octanol–water partition coefficient (Wildman–Crippen LogP) is 2.64. The minimum absolute atomic E-state index is 0.238. The first kappa shape index (κ1) is 22.7. The van der Waals surface area contributed by atoms with Crippen molar-refractivity contribution in [3.8, 4) is 5.75 Å². The maximum atomic E-state index is 11.8. The average molecular weight is 419 g/mol. The lowest BCUT2D eigenvalue weighted by Gasteiger charge is -2.23. The fourth-order valence-electron chi connectivity index (χ4n) is 2.57. The summed E-state index contributed by atoms with van der Waals surface area (Å²) in [5, 5.41) is 6.51. The fraction of sp³-hybridized carbons (Fsp3) is 0.381. The van der Waals surface area contributed by atoms with Gasteiger partial charge in [0.25, 0.3) is 0 Å². The summed E-state index contributed by atoms with van der Waals surface area (Å²) < 4.78 is 31.9. The fourth-order valence-corrected chi connectivity index (χ4v) is 3.30. The summed E-state index contributed by atoms with van der Waals surface area (Å²) in [5.41, 5.74) is 1.70. The van der Waals surface area contributed by atoms with Crippen LogP contribution in [0.3, 0.4) is 0 Å². The number of sulfonamides is 1. The van der Waals surface area contributed by atoms with Crippen molar-refractivity contribution in [3.63, 3.8) is 0 Å². The van der Waals surface area contributed by atoms with Gasteiger partial charge < -0.3 is 15.4 Å². The van der Waals surface area contributed by atoms with Crippen molar-refractivity contribution in [2.75, 3.05) is 14.1 Å². The van der Waals surface area contributed by atoms with E-state index < -0.39 is 10.0 Å². The van der Waals surface area contributed by atoms with Crippen molar-refractivity contribution < 1.29 is 13.2 Å². The van der Waals surface area contributed by atoms with Crippen LogP contribution in [0.5, 0.6) is 5.75 Å². The Bertz CT molecular complexity index is 933. The molecule has 0 radical (unpaired) electrons. The number of benzene rings is 2. The van der Waals surface area contributed by atoms with Crippen LogP contribution >= 0.6 is 0 Å². The van der Waals surface area contributed by atoms with E-state index in [2.05, 4.69) is 20.3 Å². The number of nitrogens with zero attached hydrogens (tertiary/aromatic N) is 1. The maximum Gasteiger partial charge on any atom is 0.240 e. The van der Waals surface area contributed by atoms with Crippen LogP contribution < -0.4 is 20.1 Å². The number of nitrogens with one attached hydrogen (secondary N) is 3. The molecule has 2 rings (SSSR count). The topological polar surface area (TPSA) is 91.8 Å². The first-order chi connectivity index (χ1) is 13.6. The highest BCUT2D eigenvalue weighted by molar-refractivity contribution is 7.89. The van der Waals surface area contributed by atoms with Crippen LogP contribution in [0, 0.1) is 0 Å². The highest BCUT2D eigenvalue weighted by Gasteiger charge is 2.14. The van der Waals surface area contributed by atoms with Gasteiger partial charge in [0.1, 0.15) is 11.4 Å². The Kier molecular flexibility index (Phi) is 7.64. The highest BCUT2D eigenvalue weighted by Crippen LogP contribution is 2.22. The predicted molar refractivity (Wildman–Crippen MR) is 117 cm³/mol. The molecule has 0 bridgehead atoms. The molecular formula is C21H30N4O3S. The Morgan fingerprint density at radius 2 is 1.62 bits per heavy atom. The smallest absolute Gasteiger partial charge is 0.240 e. The average Bonchev–Trinajstić information content (AvgIpc) is 2.68. The Hall–Kier alpha value is -2.58. The summed E-state index contributed by atoms with van der Waals surface area (Å²) in [6.07, 6.45) is 0. The molecule has 0 unspecified atom stereocenters. The van der Waals surface area contributed by atoms with Gasteiger partial charge in [-0.2, -0.15) is 0 Å². The van der Waals surface area contributed by atoms with E-state index in [4.69, 9.17) is 4.74 Å². The van der Waals surface area contributed by atoms with Crippen LogP contribution in [0.15, 0.2) is 58.4 Å². The third-order valence-electron chi connectivity index (χ3n) is 4.02. The van der Waals surface area contributed by atoms with E-state index >= 15 is 0 Å². The normalized spacial score (nSPS) is 12.5. The molecule has 0 amide bonds. The van der Waals surface area contributed by atoms with Gasteiger partial charge >= 0.3 is 0 Å². The van der Waals surface area contributed by atoms with Crippen molar-refractivity contribution >= 4 is 16.0 Å². The van der Waals surface area contributed by atoms with Gasteiger partial charge in [0, 0.05) is 25.7 Å². The molecule has 0 saturated heterocycles. The zero-order valence-electron chi connectivity index (χ0n) is 17.6. The van der Waals surface area contributed by atoms with Crippen molar-refractivity contribution in [1.82, 2.24) is 15.4 Å². The number of ether oxygens (including phenoxy) is 1. The SMILES string of the molecule is CN=C(NCc1ccc(S(=O)(=O)NC)cc1)NCc1ccccc1OC(C)(C)C. The second-order valence-electron chi connectivity index (χ2n) is 7.45. The summed E-state index contributed by atoms with van der Waals surface area (Å²) in [4.78, 5) is 4.48. The third kappa shape index (κ3) is 7.07. The van der Waals surface area contributed by atoms with Crippen LogP contribution in [-0.2, 0) is 23.1 Å². The summed E-state index contributed by atoms with van der Waals surface area (Å²) in [7, 11) is -0.328. The molecule has 0 fully saturated rings. The molecule has 0 atom stereocenters. The van der Waals surface area contributed by atoms with Gasteiger partial charge in [0.05, 0.1) is 4.90 Å². The Morgan fingerprint density at radius 1 is 1.00 bits per heavy atom. The monoisotopic (exact) mass is 418 g/mol. The minimum Gasteiger partial charge on any atom is -0.488 e. The quantitative estimate of drug-likeness (QED) is 0.475. The van der Waals surface area contributed by atoms with Crippen LogP contribution in [0.2, 0.25) is 0 Å². The zero-order valence-corrected chi connectivity index (χ0v) is 18.4. The summed E-state index contributed by atoms with van der Waals surface area (Å²) in [6.45, 7) is 7.13. The second kappa shape index (κ2) is 9.76. The van der Waals surface area contributed by atoms with Crippen LogP contribution in [0.25, 0.3) is 0 Å². The number of para-hydroxylation sites is 1. The Balaban J connectivity index is 1.96. The van der Waals surface area contributed by atoms with E-state index in [1.54, 1.807) is 31.3 Å². The van der Waals surface area contributed by atoms with E-state index in [9.17, 15) is 8.42 Å². The number of hydrogen-bond donors (Lipinski definition) is 3. The lowest BCUT2D eigenvalue weighted by molar-refractivity contribution is 0.129. The van der Waals surface area contributed by atoms with Crippen molar-refractivity contribution in [1.29, 1.82) is 0 Å². The minimum atomic E-state index is -3.43. The molecule has 3 N–H and O–H groups in total. The molecule has 0 saturated carbocycles. The summed E-state index contributed by atoms with van der Waals surface area (Å²) >= 11 is 0. The molecule has 0 aliphatic heterocycles. The van der Waals surface area contributed by atoms with E-state index in [1.165, 1.54) is 7.05 Å². The molecule has 0 heterocycles. The van der Waals surface area contributed by atoms with Crippen molar-refractivity contribution in [3.05, 3.63) is 59.7 Å². The van der Waals surface area contributed by atoms with Gasteiger partial charge in [-0.05, 0) is 51.6 Å². The molecule has 0 spiro atoms. The van der Waals surface area contributed by atoms with Crippen molar-refractivity contribution in [2.45, 2.75) is 44.4 Å². The molecule has 158 valence electrons. The standard InChI is InChI=1S/C21H30N4O3S/c1-21(2,3)28-19-9-7-6-8-17(19)15-25-20(22-4)24-14-16-10-12-18(13-11-16)29(26,27)23-5/h6-13,23H,14-15H2,1-5H3,(H2,22,24,25). The molecule has 0 aliphatic rings. The molecule has 0 aromatic heterocycles. The maximum absolute atomic E-state index is 11.8. The second-order valence-corrected chi connectivity index (χ2v) is 9.34. The van der Waals surface area contributed by atoms with Gasteiger partial charge in [-0.25, -0.2) is 13.1 Å². The van der Waals surface area contributed by atoms with Gasteiger partial charge in [-0.15, -0.1) is 0 Å². The molecule has 0 aliphatic carbocycles. The Morgan fingerprint density at radius 3 is 2.21 bits per heavy atom. The van der Waals surface area contributed by atoms with Crippen LogP contribution in [0.4, 0.5) is 0 Å². The summed E-state index contributed by atoms with van der Waals surface area (Å²) in [5.74, 6) is 1.48. The lowest BCUT2D eigenvalue weighted by Crippen LogP contribution is -2.36. The van der Waals surface area contributed by atoms with Gasteiger partial charge in [-0.1, -0.05) is 30.3 Å². The Labute approximate surface area is 173 Å². The zero-order chi connectivity index (χ0) is 21.5. The van der Waals surface area contributed by atoms with E-state index in [-0.39, 0.29) is 10.5 Å². The van der Waals surface area contributed by atoms with Crippen LogP contribution in [0.1, 0.15) is 31.9 Å².